The van der Waals surface area contributed by atoms with Gasteiger partial charge in [0.25, 0.3) is 0 Å². The molecule has 0 radical (unpaired) electrons. The maximum Gasteiger partial charge on any atom is 0.331 e. The summed E-state index contributed by atoms with van der Waals surface area (Å²) in [5.74, 6) is 1.13. The summed E-state index contributed by atoms with van der Waals surface area (Å²) < 4.78 is 5.08. The van der Waals surface area contributed by atoms with E-state index < -0.39 is 0 Å². The first-order valence-electron chi connectivity index (χ1n) is 17.2. The number of hydrazine groups is 1. The zero-order chi connectivity index (χ0) is 38.8. The molecule has 0 saturated carbocycles. The van der Waals surface area contributed by atoms with Gasteiger partial charge in [-0.2, -0.15) is 0 Å². The van der Waals surface area contributed by atoms with Gasteiger partial charge in [-0.05, 0) is 59.5 Å². The number of methoxy groups -OCH3 is 1. The number of nitrogens with one attached hydrogen (secondary N) is 1. The minimum absolute atomic E-state index is 0.0100. The molecule has 0 atom stereocenters. The van der Waals surface area contributed by atoms with E-state index in [1.54, 1.807) is 54.4 Å². The van der Waals surface area contributed by atoms with E-state index in [9.17, 15) is 14.4 Å². The molecule has 10 nitrogen and oxygen atoms in total. The fourth-order valence-corrected chi connectivity index (χ4v) is 4.67. The molecule has 3 aromatic carbocycles. The SMILES string of the molecule is C=CCN(CC)N(C)C(=O)NCc1ccc(Cl)c(Cl)c1.CC.CC.CCc1ccc(O)cc1.COc1ccc(CN2CCN(C=O)CC2=O)cc1. The molecule has 4 amide bonds. The summed E-state index contributed by atoms with van der Waals surface area (Å²) in [6, 6.07) is 20.0. The number of nitrogens with zero attached hydrogens (tertiary/aromatic N) is 4. The molecule has 1 aliphatic rings. The van der Waals surface area contributed by atoms with Gasteiger partial charge >= 0.3 is 6.03 Å². The van der Waals surface area contributed by atoms with Gasteiger partial charge in [0.15, 0.2) is 0 Å². The number of aromatic hydroxyl groups is 1. The van der Waals surface area contributed by atoms with Gasteiger partial charge in [0.2, 0.25) is 12.3 Å². The summed E-state index contributed by atoms with van der Waals surface area (Å²) in [6.07, 6.45) is 3.51. The van der Waals surface area contributed by atoms with Crippen LogP contribution < -0.4 is 10.1 Å². The maximum absolute atomic E-state index is 12.0. The predicted octanol–water partition coefficient (Wildman–Crippen LogP) is 8.06. The molecule has 1 heterocycles. The second kappa shape index (κ2) is 27.5. The van der Waals surface area contributed by atoms with Gasteiger partial charge in [-0.3, -0.25) is 14.6 Å². The van der Waals surface area contributed by atoms with Gasteiger partial charge in [-0.25, -0.2) is 9.80 Å². The molecule has 4 rings (SSSR count). The lowest BCUT2D eigenvalue weighted by Gasteiger charge is -2.32. The van der Waals surface area contributed by atoms with Gasteiger partial charge < -0.3 is 25.0 Å². The minimum Gasteiger partial charge on any atom is -0.508 e. The average Bonchev–Trinajstić information content (AvgIpc) is 3.17. The average molecular weight is 747 g/mol. The predicted molar refractivity (Wildman–Crippen MR) is 210 cm³/mol. The molecule has 0 unspecified atom stereocenters. The van der Waals surface area contributed by atoms with Gasteiger partial charge in [-0.15, -0.1) is 6.58 Å². The zero-order valence-corrected chi connectivity index (χ0v) is 33.0. The number of rotatable bonds is 11. The first-order chi connectivity index (χ1) is 24.5. The molecule has 2 N–H and O–H groups in total. The number of urea groups is 1. The Labute approximate surface area is 315 Å². The van der Waals surface area contributed by atoms with E-state index in [0.29, 0.717) is 48.5 Å². The van der Waals surface area contributed by atoms with Crippen LogP contribution in [-0.4, -0.2) is 90.2 Å². The number of likely N-dealkylation sites (N-methyl/N-ethyl adjacent to an activating group) is 1. The number of phenolic OH excluding ortho intramolecular Hbond substituents is 1. The Kier molecular flexibility index (Phi) is 25.2. The van der Waals surface area contributed by atoms with Crippen molar-refractivity contribution in [1.29, 1.82) is 0 Å². The number of phenols is 1. The highest BCUT2D eigenvalue weighted by Gasteiger charge is 2.22. The van der Waals surface area contributed by atoms with Crippen LogP contribution in [-0.2, 0) is 29.1 Å². The number of carbonyl (C=O) groups is 3. The summed E-state index contributed by atoms with van der Waals surface area (Å²) in [5.41, 5.74) is 3.21. The van der Waals surface area contributed by atoms with Crippen LogP contribution >= 0.6 is 23.2 Å². The van der Waals surface area contributed by atoms with E-state index in [1.165, 1.54) is 10.5 Å². The van der Waals surface area contributed by atoms with Crippen LogP contribution in [0, 0.1) is 0 Å². The third-order valence-electron chi connectivity index (χ3n) is 7.23. The molecule has 282 valence electrons. The Bertz CT molecular complexity index is 1420. The van der Waals surface area contributed by atoms with Crippen molar-refractivity contribution >= 4 is 41.6 Å². The van der Waals surface area contributed by atoms with Crippen molar-refractivity contribution in [2.24, 2.45) is 0 Å². The third kappa shape index (κ3) is 18.0. The number of aryl methyl sites for hydroxylation is 1. The van der Waals surface area contributed by atoms with Gasteiger partial charge in [0, 0.05) is 46.3 Å². The van der Waals surface area contributed by atoms with Crippen molar-refractivity contribution in [3.05, 3.63) is 106 Å². The molecule has 1 saturated heterocycles. The van der Waals surface area contributed by atoms with E-state index in [0.717, 1.165) is 36.3 Å². The first kappa shape index (κ1) is 46.8. The van der Waals surface area contributed by atoms with Crippen molar-refractivity contribution in [2.45, 2.75) is 61.1 Å². The van der Waals surface area contributed by atoms with Crippen LogP contribution in [0.25, 0.3) is 0 Å². The molecule has 0 spiro atoms. The molecule has 3 aromatic rings. The maximum atomic E-state index is 12.0. The summed E-state index contributed by atoms with van der Waals surface area (Å²) in [5, 5.41) is 16.1. The number of hydrogen-bond acceptors (Lipinski definition) is 6. The number of benzene rings is 3. The van der Waals surface area contributed by atoms with E-state index in [1.807, 2.05) is 82.1 Å². The third-order valence-corrected chi connectivity index (χ3v) is 7.96. The Morgan fingerprint density at radius 3 is 2.02 bits per heavy atom. The number of ether oxygens (including phenoxy) is 1. The smallest absolute Gasteiger partial charge is 0.331 e. The highest BCUT2D eigenvalue weighted by atomic mass is 35.5. The molecule has 0 aliphatic carbocycles. The second-order valence-electron chi connectivity index (χ2n) is 10.5. The van der Waals surface area contributed by atoms with Crippen LogP contribution in [0.5, 0.6) is 11.5 Å². The van der Waals surface area contributed by atoms with Gasteiger partial charge in [-0.1, -0.05) is 101 Å². The number of halogens is 2. The number of piperazine rings is 1. The summed E-state index contributed by atoms with van der Waals surface area (Å²) in [7, 11) is 3.34. The van der Waals surface area contributed by atoms with Crippen LogP contribution in [0.15, 0.2) is 79.4 Å². The molecular weight excluding hydrogens is 689 g/mol. The Morgan fingerprint density at radius 2 is 1.53 bits per heavy atom. The Hall–Kier alpha value is -4.25. The standard InChI is InChI=1S/C14H19Cl2N3O.C13H16N2O3.C8H10O.2C2H6/c1-4-8-19(5-2)18(3)14(20)17-10-11-6-7-12(15)13(16)9-11;1-18-12-4-2-11(3-5-12)8-15-7-6-14(10-16)9-13(15)17;1-2-7-3-5-8(9)6-4-7;2*1-2/h4,6-7,9H,1,5,8,10H2,2-3H3,(H,17,20);2-5,10H,6-9H2,1H3;3-6,9H,2H2,1H3;2*1-2H3. The van der Waals surface area contributed by atoms with Crippen LogP contribution in [0.3, 0.4) is 0 Å². The topological polar surface area (TPSA) is 106 Å². The lowest BCUT2D eigenvalue weighted by atomic mass is 10.2. The van der Waals surface area contributed by atoms with Crippen molar-refractivity contribution in [3.8, 4) is 11.5 Å². The van der Waals surface area contributed by atoms with Crippen molar-refractivity contribution < 1.29 is 24.2 Å². The Morgan fingerprint density at radius 1 is 0.941 bits per heavy atom. The minimum atomic E-state index is -0.181. The number of amides is 4. The lowest BCUT2D eigenvalue weighted by molar-refractivity contribution is -0.140. The van der Waals surface area contributed by atoms with Crippen molar-refractivity contribution in [3.63, 3.8) is 0 Å². The fourth-order valence-electron chi connectivity index (χ4n) is 4.35. The quantitative estimate of drug-likeness (QED) is 0.117. The highest BCUT2D eigenvalue weighted by Crippen LogP contribution is 2.22. The molecule has 1 fully saturated rings. The van der Waals surface area contributed by atoms with E-state index in [2.05, 4.69) is 18.8 Å². The molecule has 0 bridgehead atoms. The fraction of sp³-hybridized carbons (Fsp3) is 0.410. The summed E-state index contributed by atoms with van der Waals surface area (Å²) >= 11 is 11.8. The summed E-state index contributed by atoms with van der Waals surface area (Å²) in [6.45, 7) is 19.4. The second-order valence-corrected chi connectivity index (χ2v) is 11.3. The highest BCUT2D eigenvalue weighted by molar-refractivity contribution is 6.42. The van der Waals surface area contributed by atoms with Crippen LogP contribution in [0.4, 0.5) is 4.79 Å². The van der Waals surface area contributed by atoms with Gasteiger partial charge in [0.05, 0.1) is 23.7 Å². The number of carbonyl (C=O) groups excluding carboxylic acids is 3. The summed E-state index contributed by atoms with van der Waals surface area (Å²) in [4.78, 5) is 37.7. The number of hydrogen-bond donors (Lipinski definition) is 2. The van der Waals surface area contributed by atoms with E-state index in [4.69, 9.17) is 33.0 Å². The van der Waals surface area contributed by atoms with Crippen molar-refractivity contribution in [2.75, 3.05) is 46.9 Å². The van der Waals surface area contributed by atoms with E-state index in [-0.39, 0.29) is 18.5 Å². The normalized spacial score (nSPS) is 11.5. The van der Waals surface area contributed by atoms with Crippen molar-refractivity contribution in [1.82, 2.24) is 25.1 Å². The van der Waals surface area contributed by atoms with Crippen LogP contribution in [0.2, 0.25) is 10.0 Å². The monoisotopic (exact) mass is 745 g/mol. The zero-order valence-electron chi connectivity index (χ0n) is 31.5. The Balaban J connectivity index is 0.000000738. The molecule has 1 aliphatic heterocycles. The molecular formula is C39H57Cl2N5O5. The van der Waals surface area contributed by atoms with E-state index >= 15 is 0 Å². The van der Waals surface area contributed by atoms with Crippen LogP contribution in [0.1, 0.15) is 58.2 Å². The largest absolute Gasteiger partial charge is 0.508 e. The lowest BCUT2D eigenvalue weighted by Crippen LogP contribution is -2.49. The van der Waals surface area contributed by atoms with Gasteiger partial charge in [0.1, 0.15) is 11.5 Å². The molecule has 0 aromatic heterocycles. The first-order valence-corrected chi connectivity index (χ1v) is 18.0. The molecule has 51 heavy (non-hydrogen) atoms. The molecule has 12 heteroatoms.